The minimum absolute atomic E-state index is 0.0123. The second-order valence-corrected chi connectivity index (χ2v) is 8.83. The largest absolute Gasteiger partial charge is 0.339 e. The quantitative estimate of drug-likeness (QED) is 0.504. The van der Waals surface area contributed by atoms with Gasteiger partial charge in [-0.3, -0.25) is 4.79 Å². The molecule has 4 rings (SSSR count). The van der Waals surface area contributed by atoms with E-state index in [-0.39, 0.29) is 5.91 Å². The highest BCUT2D eigenvalue weighted by atomic mass is 31.2. The van der Waals surface area contributed by atoms with Gasteiger partial charge < -0.3 is 18.8 Å². The van der Waals surface area contributed by atoms with Crippen molar-refractivity contribution in [3.63, 3.8) is 0 Å². The molecule has 30 heavy (non-hydrogen) atoms. The van der Waals surface area contributed by atoms with E-state index in [0.29, 0.717) is 18.7 Å². The lowest BCUT2D eigenvalue weighted by Crippen LogP contribution is -2.30. The number of hydrogen-bond acceptors (Lipinski definition) is 4. The average molecular weight is 419 g/mol. The standard InChI is InChI=1S/C24H26N3O2P/c1-25(24(28)21-11-5-2-6-12-21)19-20-29-30-26(22-13-7-3-8-14-22)17-18-27(30)23-15-9-4-10-16-23/h2-16H,17-20H2,1H3. The number of carbonyl (C=O) groups excluding carboxylic acids is 1. The van der Waals surface area contributed by atoms with Crippen LogP contribution < -0.4 is 9.34 Å². The predicted molar refractivity (Wildman–Crippen MR) is 124 cm³/mol. The second kappa shape index (κ2) is 9.75. The van der Waals surface area contributed by atoms with E-state index in [1.54, 1.807) is 4.90 Å². The van der Waals surface area contributed by atoms with Crippen LogP contribution in [0.2, 0.25) is 0 Å². The molecule has 0 spiro atoms. The number of benzene rings is 3. The molecule has 1 amide bonds. The molecule has 0 bridgehead atoms. The fourth-order valence-electron chi connectivity index (χ4n) is 3.45. The molecule has 1 heterocycles. The van der Waals surface area contributed by atoms with Crippen LogP contribution in [0, 0.1) is 0 Å². The number of anilines is 2. The molecular weight excluding hydrogens is 393 g/mol. The Bertz CT molecular complexity index is 893. The highest BCUT2D eigenvalue weighted by Crippen LogP contribution is 2.53. The van der Waals surface area contributed by atoms with Gasteiger partial charge in [0.25, 0.3) is 5.91 Å². The fraction of sp³-hybridized carbons (Fsp3) is 0.208. The first kappa shape index (κ1) is 20.4. The number of nitrogens with zero attached hydrogens (tertiary/aromatic N) is 3. The van der Waals surface area contributed by atoms with Gasteiger partial charge in [-0.1, -0.05) is 54.6 Å². The highest BCUT2D eigenvalue weighted by molar-refractivity contribution is 7.56. The molecule has 0 aliphatic carbocycles. The summed E-state index contributed by atoms with van der Waals surface area (Å²) in [5, 5.41) is 0. The zero-order valence-corrected chi connectivity index (χ0v) is 18.0. The van der Waals surface area contributed by atoms with Crippen LogP contribution in [0.3, 0.4) is 0 Å². The lowest BCUT2D eigenvalue weighted by molar-refractivity contribution is 0.0776. The monoisotopic (exact) mass is 419 g/mol. The van der Waals surface area contributed by atoms with E-state index < -0.39 is 8.45 Å². The summed E-state index contributed by atoms with van der Waals surface area (Å²) in [6.07, 6.45) is 0. The van der Waals surface area contributed by atoms with Gasteiger partial charge in [-0.25, -0.2) is 0 Å². The Hall–Kier alpha value is -2.88. The first-order valence-electron chi connectivity index (χ1n) is 10.1. The number of rotatable bonds is 7. The normalized spacial score (nSPS) is 14.2. The van der Waals surface area contributed by atoms with E-state index in [0.717, 1.165) is 24.5 Å². The van der Waals surface area contributed by atoms with Gasteiger partial charge in [-0.15, -0.1) is 0 Å². The van der Waals surface area contributed by atoms with Crippen LogP contribution in [-0.2, 0) is 4.52 Å². The summed E-state index contributed by atoms with van der Waals surface area (Å²) in [4.78, 5) is 14.3. The van der Waals surface area contributed by atoms with Gasteiger partial charge in [-0.05, 0) is 36.4 Å². The zero-order chi connectivity index (χ0) is 20.8. The van der Waals surface area contributed by atoms with Crippen molar-refractivity contribution in [3.05, 3.63) is 96.6 Å². The van der Waals surface area contributed by atoms with Gasteiger partial charge in [0.15, 0.2) is 0 Å². The van der Waals surface area contributed by atoms with Crippen LogP contribution in [-0.4, -0.2) is 44.1 Å². The van der Waals surface area contributed by atoms with Crippen molar-refractivity contribution in [3.8, 4) is 0 Å². The topological polar surface area (TPSA) is 36.0 Å². The second-order valence-electron chi connectivity index (χ2n) is 7.10. The van der Waals surface area contributed by atoms with Crippen molar-refractivity contribution in [2.24, 2.45) is 0 Å². The third-order valence-electron chi connectivity index (χ3n) is 5.05. The fourth-order valence-corrected chi connectivity index (χ4v) is 5.42. The lowest BCUT2D eigenvalue weighted by Gasteiger charge is -2.31. The molecule has 0 unspecified atom stereocenters. The van der Waals surface area contributed by atoms with E-state index in [2.05, 4.69) is 57.9 Å². The Morgan fingerprint density at radius 3 is 1.80 bits per heavy atom. The summed E-state index contributed by atoms with van der Waals surface area (Å²) in [6.45, 7) is 2.83. The van der Waals surface area contributed by atoms with E-state index in [9.17, 15) is 4.79 Å². The van der Waals surface area contributed by atoms with Crippen LogP contribution in [0.25, 0.3) is 0 Å². The maximum absolute atomic E-state index is 12.6. The average Bonchev–Trinajstić information content (AvgIpc) is 3.24. The third kappa shape index (κ3) is 4.64. The van der Waals surface area contributed by atoms with E-state index in [1.165, 1.54) is 0 Å². The summed E-state index contributed by atoms with van der Waals surface area (Å²) in [6, 6.07) is 30.1. The maximum atomic E-state index is 12.6. The smallest absolute Gasteiger partial charge is 0.253 e. The molecule has 1 aliphatic rings. The summed E-state index contributed by atoms with van der Waals surface area (Å²) >= 11 is 0. The van der Waals surface area contributed by atoms with Gasteiger partial charge in [0, 0.05) is 43.6 Å². The molecule has 6 heteroatoms. The van der Waals surface area contributed by atoms with Crippen molar-refractivity contribution in [2.45, 2.75) is 0 Å². The van der Waals surface area contributed by atoms with Crippen LogP contribution in [0.5, 0.6) is 0 Å². The summed E-state index contributed by atoms with van der Waals surface area (Å²) < 4.78 is 11.1. The van der Waals surface area contributed by atoms with Crippen LogP contribution >= 0.6 is 8.45 Å². The Kier molecular flexibility index (Phi) is 6.63. The Morgan fingerprint density at radius 2 is 1.30 bits per heavy atom. The van der Waals surface area contributed by atoms with Crippen LogP contribution in [0.1, 0.15) is 10.4 Å². The Labute approximate surface area is 179 Å². The van der Waals surface area contributed by atoms with Crippen molar-refractivity contribution in [1.29, 1.82) is 0 Å². The van der Waals surface area contributed by atoms with Crippen molar-refractivity contribution >= 4 is 25.7 Å². The van der Waals surface area contributed by atoms with E-state index in [4.69, 9.17) is 4.52 Å². The molecule has 0 radical (unpaired) electrons. The minimum atomic E-state index is -1.00. The Balaban J connectivity index is 1.44. The summed E-state index contributed by atoms with van der Waals surface area (Å²) in [7, 11) is 0.824. The molecule has 154 valence electrons. The van der Waals surface area contributed by atoms with Gasteiger partial charge in [0.1, 0.15) is 0 Å². The molecule has 5 nitrogen and oxygen atoms in total. The number of likely N-dealkylation sites (N-methyl/N-ethyl adjacent to an activating group) is 1. The van der Waals surface area contributed by atoms with Gasteiger partial charge >= 0.3 is 0 Å². The van der Waals surface area contributed by atoms with Crippen molar-refractivity contribution in [2.75, 3.05) is 42.6 Å². The van der Waals surface area contributed by atoms with Gasteiger partial charge in [0.05, 0.1) is 6.61 Å². The number of amides is 1. The molecule has 3 aromatic carbocycles. The number of para-hydroxylation sites is 2. The van der Waals surface area contributed by atoms with Crippen molar-refractivity contribution in [1.82, 2.24) is 4.90 Å². The molecule has 0 saturated carbocycles. The Morgan fingerprint density at radius 1 is 0.833 bits per heavy atom. The first-order valence-corrected chi connectivity index (χ1v) is 11.3. The molecule has 1 fully saturated rings. The van der Waals surface area contributed by atoms with E-state index >= 15 is 0 Å². The van der Waals surface area contributed by atoms with Crippen LogP contribution in [0.15, 0.2) is 91.0 Å². The zero-order valence-electron chi connectivity index (χ0n) is 17.1. The molecule has 0 atom stereocenters. The van der Waals surface area contributed by atoms with Crippen molar-refractivity contribution < 1.29 is 9.32 Å². The predicted octanol–water partition coefficient (Wildman–Crippen LogP) is 5.03. The molecule has 1 aliphatic heterocycles. The minimum Gasteiger partial charge on any atom is -0.339 e. The highest BCUT2D eigenvalue weighted by Gasteiger charge is 2.34. The first-order chi connectivity index (χ1) is 14.7. The molecule has 0 aromatic heterocycles. The number of carbonyl (C=O) groups is 1. The molecule has 3 aromatic rings. The maximum Gasteiger partial charge on any atom is 0.253 e. The third-order valence-corrected chi connectivity index (χ3v) is 7.15. The molecular formula is C24H26N3O2P. The van der Waals surface area contributed by atoms with Gasteiger partial charge in [-0.2, -0.15) is 0 Å². The summed E-state index contributed by atoms with van der Waals surface area (Å²) in [5.41, 5.74) is 3.02. The van der Waals surface area contributed by atoms with Crippen LogP contribution in [0.4, 0.5) is 11.4 Å². The lowest BCUT2D eigenvalue weighted by atomic mass is 10.2. The number of hydrogen-bond donors (Lipinski definition) is 0. The van der Waals surface area contributed by atoms with E-state index in [1.807, 2.05) is 49.5 Å². The summed E-state index contributed by atoms with van der Waals surface area (Å²) in [5.74, 6) is 0.0123. The SMILES string of the molecule is CN(CCOP1N(c2ccccc2)CCN1c1ccccc1)C(=O)c1ccccc1. The molecule has 0 N–H and O–H groups in total. The van der Waals surface area contributed by atoms with Gasteiger partial charge in [0.2, 0.25) is 8.45 Å². The molecule has 1 saturated heterocycles.